The molecule has 0 fully saturated rings. The normalized spacial score (nSPS) is 9.69. The molecule has 2 nitrogen and oxygen atoms in total. The van der Waals surface area contributed by atoms with E-state index < -0.39 is 0 Å². The molecule has 0 aliphatic rings. The highest BCUT2D eigenvalue weighted by atomic mass is 79.9. The van der Waals surface area contributed by atoms with Gasteiger partial charge in [0.15, 0.2) is 0 Å². The van der Waals surface area contributed by atoms with E-state index in [1.807, 2.05) is 0 Å². The molecule has 3 heteroatoms. The van der Waals surface area contributed by atoms with Crippen molar-refractivity contribution in [2.45, 2.75) is 6.42 Å². The van der Waals surface area contributed by atoms with Gasteiger partial charge in [0.1, 0.15) is 11.5 Å². The summed E-state index contributed by atoms with van der Waals surface area (Å²) in [5, 5.41) is 9.51. The van der Waals surface area contributed by atoms with Crippen molar-refractivity contribution in [1.82, 2.24) is 0 Å². The smallest absolute Gasteiger partial charge is 0.133 e. The summed E-state index contributed by atoms with van der Waals surface area (Å²) in [7, 11) is 1.59. The predicted octanol–water partition coefficient (Wildman–Crippen LogP) is 2.89. The van der Waals surface area contributed by atoms with Gasteiger partial charge in [0.2, 0.25) is 0 Å². The molecule has 0 radical (unpaired) electrons. The Morgan fingerprint density at radius 3 is 2.85 bits per heavy atom. The lowest BCUT2D eigenvalue weighted by molar-refractivity contribution is 0.408. The summed E-state index contributed by atoms with van der Waals surface area (Å²) < 4.78 is 5.84. The number of phenolic OH excluding ortho intramolecular Hbond substituents is 1. The fraction of sp³-hybridized carbons (Fsp3) is 0.200. The molecule has 0 heterocycles. The average molecular weight is 243 g/mol. The quantitative estimate of drug-likeness (QED) is 0.827. The minimum Gasteiger partial charge on any atom is -0.508 e. The van der Waals surface area contributed by atoms with Crippen LogP contribution in [0, 0.1) is 0 Å². The van der Waals surface area contributed by atoms with Crippen molar-refractivity contribution in [3.8, 4) is 11.5 Å². The van der Waals surface area contributed by atoms with Gasteiger partial charge < -0.3 is 9.84 Å². The van der Waals surface area contributed by atoms with Crippen LogP contribution in [0.4, 0.5) is 0 Å². The summed E-state index contributed by atoms with van der Waals surface area (Å²) in [6.07, 6.45) is 2.37. The van der Waals surface area contributed by atoms with Crippen LogP contribution in [-0.4, -0.2) is 12.2 Å². The molecule has 13 heavy (non-hydrogen) atoms. The number of phenols is 1. The molecule has 0 bridgehead atoms. The number of hydrogen-bond donors (Lipinski definition) is 1. The first-order valence-electron chi connectivity index (χ1n) is 3.85. The minimum atomic E-state index is 0.257. The standard InChI is InChI=1S/C10H11BrO2/c1-3-4-7-5-10(13-2)8(11)6-9(7)12/h3,5-6,12H,1,4H2,2H3. The third-order valence-electron chi connectivity index (χ3n) is 1.72. The van der Waals surface area contributed by atoms with Gasteiger partial charge in [0, 0.05) is 5.56 Å². The molecule has 0 aliphatic carbocycles. The van der Waals surface area contributed by atoms with Crippen LogP contribution in [0.2, 0.25) is 0 Å². The Labute approximate surface area is 86.0 Å². The zero-order chi connectivity index (χ0) is 9.84. The molecule has 1 aromatic rings. The number of ether oxygens (including phenoxy) is 1. The van der Waals surface area contributed by atoms with E-state index in [0.717, 1.165) is 15.8 Å². The number of allylic oxidation sites excluding steroid dienone is 1. The first-order valence-corrected chi connectivity index (χ1v) is 4.64. The SMILES string of the molecule is C=CCc1cc(OC)c(Br)cc1O. The largest absolute Gasteiger partial charge is 0.508 e. The molecular formula is C10H11BrO2. The third kappa shape index (κ3) is 2.25. The fourth-order valence-corrected chi connectivity index (χ4v) is 1.55. The summed E-state index contributed by atoms with van der Waals surface area (Å²) in [5.41, 5.74) is 0.815. The van der Waals surface area contributed by atoms with E-state index in [1.165, 1.54) is 0 Å². The molecule has 1 aromatic carbocycles. The van der Waals surface area contributed by atoms with E-state index in [4.69, 9.17) is 4.74 Å². The first-order chi connectivity index (χ1) is 6.19. The predicted molar refractivity (Wildman–Crippen MR) is 56.3 cm³/mol. The molecular weight excluding hydrogens is 232 g/mol. The van der Waals surface area contributed by atoms with Gasteiger partial charge in [-0.2, -0.15) is 0 Å². The van der Waals surface area contributed by atoms with E-state index in [-0.39, 0.29) is 5.75 Å². The lowest BCUT2D eigenvalue weighted by atomic mass is 10.1. The van der Waals surface area contributed by atoms with Gasteiger partial charge in [-0.15, -0.1) is 6.58 Å². The van der Waals surface area contributed by atoms with Crippen LogP contribution >= 0.6 is 15.9 Å². The molecule has 0 saturated carbocycles. The van der Waals surface area contributed by atoms with Crippen LogP contribution in [0.25, 0.3) is 0 Å². The van der Waals surface area contributed by atoms with Crippen molar-refractivity contribution in [3.63, 3.8) is 0 Å². The maximum Gasteiger partial charge on any atom is 0.133 e. The first kappa shape index (κ1) is 10.1. The highest BCUT2D eigenvalue weighted by molar-refractivity contribution is 9.10. The monoisotopic (exact) mass is 242 g/mol. The highest BCUT2D eigenvalue weighted by Gasteiger charge is 2.06. The van der Waals surface area contributed by atoms with Gasteiger partial charge in [0.05, 0.1) is 11.6 Å². The van der Waals surface area contributed by atoms with Gasteiger partial charge in [-0.1, -0.05) is 6.08 Å². The topological polar surface area (TPSA) is 29.5 Å². The Hall–Kier alpha value is -0.960. The molecule has 0 amide bonds. The van der Waals surface area contributed by atoms with Gasteiger partial charge in [-0.05, 0) is 34.5 Å². The van der Waals surface area contributed by atoms with Crippen LogP contribution in [0.15, 0.2) is 29.3 Å². The average Bonchev–Trinajstić information content (AvgIpc) is 2.10. The van der Waals surface area contributed by atoms with E-state index in [1.54, 1.807) is 25.3 Å². The molecule has 0 atom stereocenters. The summed E-state index contributed by atoms with van der Waals surface area (Å²) >= 11 is 3.28. The summed E-state index contributed by atoms with van der Waals surface area (Å²) in [5.74, 6) is 0.974. The lowest BCUT2D eigenvalue weighted by Gasteiger charge is -2.07. The zero-order valence-corrected chi connectivity index (χ0v) is 8.97. The number of hydrogen-bond acceptors (Lipinski definition) is 2. The Morgan fingerprint density at radius 2 is 2.31 bits per heavy atom. The molecule has 0 aliphatic heterocycles. The Bertz CT molecular complexity index is 321. The maximum atomic E-state index is 9.51. The van der Waals surface area contributed by atoms with Crippen LogP contribution in [-0.2, 0) is 6.42 Å². The number of aromatic hydroxyl groups is 1. The number of benzene rings is 1. The second-order valence-electron chi connectivity index (χ2n) is 2.61. The Morgan fingerprint density at radius 1 is 1.62 bits per heavy atom. The molecule has 0 spiro atoms. The van der Waals surface area contributed by atoms with Crippen molar-refractivity contribution in [1.29, 1.82) is 0 Å². The van der Waals surface area contributed by atoms with Crippen LogP contribution in [0.3, 0.4) is 0 Å². The Kier molecular flexibility index (Phi) is 3.37. The van der Waals surface area contributed by atoms with Crippen LogP contribution < -0.4 is 4.74 Å². The number of rotatable bonds is 3. The van der Waals surface area contributed by atoms with Gasteiger partial charge in [0.25, 0.3) is 0 Å². The van der Waals surface area contributed by atoms with Crippen molar-refractivity contribution in [2.24, 2.45) is 0 Å². The summed E-state index contributed by atoms with van der Waals surface area (Å²) in [6, 6.07) is 3.42. The van der Waals surface area contributed by atoms with Gasteiger partial charge in [-0.3, -0.25) is 0 Å². The van der Waals surface area contributed by atoms with Crippen molar-refractivity contribution >= 4 is 15.9 Å². The third-order valence-corrected chi connectivity index (χ3v) is 2.34. The van der Waals surface area contributed by atoms with E-state index in [9.17, 15) is 5.11 Å². The Balaban J connectivity index is 3.13. The lowest BCUT2D eigenvalue weighted by Crippen LogP contribution is -1.88. The summed E-state index contributed by atoms with van der Waals surface area (Å²) in [6.45, 7) is 3.61. The van der Waals surface area contributed by atoms with Gasteiger partial charge in [-0.25, -0.2) is 0 Å². The molecule has 1 rings (SSSR count). The van der Waals surface area contributed by atoms with Crippen LogP contribution in [0.1, 0.15) is 5.56 Å². The molecule has 70 valence electrons. The minimum absolute atomic E-state index is 0.257. The van der Waals surface area contributed by atoms with Gasteiger partial charge >= 0.3 is 0 Å². The van der Waals surface area contributed by atoms with Crippen molar-refractivity contribution in [3.05, 3.63) is 34.8 Å². The molecule has 0 saturated heterocycles. The molecule has 0 aromatic heterocycles. The van der Waals surface area contributed by atoms with E-state index >= 15 is 0 Å². The molecule has 0 unspecified atom stereocenters. The molecule has 1 N–H and O–H groups in total. The van der Waals surface area contributed by atoms with Crippen LogP contribution in [0.5, 0.6) is 11.5 Å². The summed E-state index contributed by atoms with van der Waals surface area (Å²) in [4.78, 5) is 0. The highest BCUT2D eigenvalue weighted by Crippen LogP contribution is 2.32. The number of methoxy groups -OCH3 is 1. The fourth-order valence-electron chi connectivity index (χ4n) is 1.06. The second-order valence-corrected chi connectivity index (χ2v) is 3.46. The van der Waals surface area contributed by atoms with E-state index in [0.29, 0.717) is 6.42 Å². The second kappa shape index (κ2) is 4.33. The van der Waals surface area contributed by atoms with E-state index in [2.05, 4.69) is 22.5 Å². The van der Waals surface area contributed by atoms with Crippen molar-refractivity contribution in [2.75, 3.05) is 7.11 Å². The zero-order valence-electron chi connectivity index (χ0n) is 7.38. The maximum absolute atomic E-state index is 9.51. The van der Waals surface area contributed by atoms with Crippen molar-refractivity contribution < 1.29 is 9.84 Å². The number of halogens is 1.